The van der Waals surface area contributed by atoms with Crippen molar-refractivity contribution >= 4 is 35.0 Å². The molecule has 0 bridgehead atoms. The molecule has 1 aromatic heterocycles. The molecule has 0 atom stereocenters. The summed E-state index contributed by atoms with van der Waals surface area (Å²) in [5, 5.41) is 12.0. The predicted molar refractivity (Wildman–Crippen MR) is 125 cm³/mol. The van der Waals surface area contributed by atoms with Gasteiger partial charge in [0.05, 0.1) is 5.75 Å². The number of hydrogen-bond acceptors (Lipinski definition) is 6. The Morgan fingerprint density at radius 2 is 1.90 bits per heavy atom. The summed E-state index contributed by atoms with van der Waals surface area (Å²) >= 11 is 7.15. The van der Waals surface area contributed by atoms with Crippen LogP contribution in [0.25, 0.3) is 0 Å². The smallest absolute Gasteiger partial charge is 0.234 e. The van der Waals surface area contributed by atoms with Crippen LogP contribution in [0.15, 0.2) is 47.6 Å². The molecule has 7 nitrogen and oxygen atoms in total. The van der Waals surface area contributed by atoms with E-state index >= 15 is 0 Å². The van der Waals surface area contributed by atoms with Gasteiger partial charge in [0, 0.05) is 10.7 Å². The van der Waals surface area contributed by atoms with Crippen molar-refractivity contribution in [1.82, 2.24) is 14.9 Å². The lowest BCUT2D eigenvalue weighted by atomic mass is 9.87. The molecule has 1 heterocycles. The van der Waals surface area contributed by atoms with Crippen LogP contribution in [0.5, 0.6) is 5.75 Å². The molecule has 31 heavy (non-hydrogen) atoms. The normalized spacial score (nSPS) is 11.4. The lowest BCUT2D eigenvalue weighted by molar-refractivity contribution is -0.113. The Hall–Kier alpha value is -2.71. The lowest BCUT2D eigenvalue weighted by Crippen LogP contribution is -2.18. The first-order valence-electron chi connectivity index (χ1n) is 9.75. The number of rotatable bonds is 7. The number of nitrogens with one attached hydrogen (secondary N) is 1. The molecule has 3 rings (SSSR count). The molecule has 1 amide bonds. The van der Waals surface area contributed by atoms with Gasteiger partial charge in [-0.2, -0.15) is 0 Å². The summed E-state index contributed by atoms with van der Waals surface area (Å²) in [6.45, 7) is 8.55. The Kier molecular flexibility index (Phi) is 7.12. The van der Waals surface area contributed by atoms with Crippen LogP contribution in [-0.4, -0.2) is 26.5 Å². The number of anilines is 1. The van der Waals surface area contributed by atoms with Crippen molar-refractivity contribution in [1.29, 1.82) is 0 Å². The minimum Gasteiger partial charge on any atom is -0.486 e. The molecule has 0 aliphatic carbocycles. The van der Waals surface area contributed by atoms with E-state index in [-0.39, 0.29) is 23.7 Å². The minimum absolute atomic E-state index is 0.0840. The highest BCUT2D eigenvalue weighted by atomic mass is 35.5. The van der Waals surface area contributed by atoms with E-state index in [1.165, 1.54) is 22.0 Å². The third-order valence-corrected chi connectivity index (χ3v) is 5.80. The zero-order valence-corrected chi connectivity index (χ0v) is 19.5. The van der Waals surface area contributed by atoms with Gasteiger partial charge in [-0.05, 0) is 53.8 Å². The van der Waals surface area contributed by atoms with Gasteiger partial charge in [0.25, 0.3) is 0 Å². The van der Waals surface area contributed by atoms with Crippen LogP contribution in [0, 0.1) is 6.92 Å². The number of nitrogens with zero attached hydrogens (tertiary/aromatic N) is 3. The predicted octanol–water partition coefficient (Wildman–Crippen LogP) is 4.56. The third kappa shape index (κ3) is 6.15. The average molecular weight is 460 g/mol. The molecule has 9 heteroatoms. The fourth-order valence-electron chi connectivity index (χ4n) is 2.79. The summed E-state index contributed by atoms with van der Waals surface area (Å²) in [5.74, 6) is 7.24. The van der Waals surface area contributed by atoms with Gasteiger partial charge < -0.3 is 15.9 Å². The summed E-state index contributed by atoms with van der Waals surface area (Å²) in [6.07, 6.45) is 0. The van der Waals surface area contributed by atoms with Gasteiger partial charge in [-0.1, -0.05) is 56.3 Å². The number of carbonyl (C=O) groups is 1. The monoisotopic (exact) mass is 459 g/mol. The first kappa shape index (κ1) is 23.0. The molecular weight excluding hydrogens is 434 g/mol. The number of nitrogens with two attached hydrogens (primary N) is 1. The van der Waals surface area contributed by atoms with Crippen molar-refractivity contribution in [2.45, 2.75) is 44.9 Å². The number of hydrogen-bond donors (Lipinski definition) is 2. The molecule has 0 aliphatic heterocycles. The highest BCUT2D eigenvalue weighted by Crippen LogP contribution is 2.25. The Morgan fingerprint density at radius 3 is 2.55 bits per heavy atom. The Bertz CT molecular complexity index is 1060. The summed E-state index contributed by atoms with van der Waals surface area (Å²) < 4.78 is 7.12. The molecule has 164 valence electrons. The van der Waals surface area contributed by atoms with Crippen LogP contribution in [0.3, 0.4) is 0 Å². The van der Waals surface area contributed by atoms with Crippen LogP contribution >= 0.6 is 23.4 Å². The third-order valence-electron chi connectivity index (χ3n) is 4.62. The van der Waals surface area contributed by atoms with Gasteiger partial charge in [0.15, 0.2) is 5.82 Å². The molecule has 0 radical (unpaired) electrons. The number of thioether (sulfide) groups is 1. The van der Waals surface area contributed by atoms with Crippen LogP contribution in [0.1, 0.15) is 37.7 Å². The van der Waals surface area contributed by atoms with Crippen molar-refractivity contribution in [3.05, 3.63) is 64.4 Å². The Balaban J connectivity index is 1.53. The fraction of sp³-hybridized carbons (Fsp3) is 0.318. The average Bonchev–Trinajstić information content (AvgIpc) is 3.06. The van der Waals surface area contributed by atoms with Crippen molar-refractivity contribution in [3.8, 4) is 5.75 Å². The topological polar surface area (TPSA) is 95.1 Å². The summed E-state index contributed by atoms with van der Waals surface area (Å²) in [6, 6.07) is 13.2. The number of ether oxygens (including phenoxy) is 1. The SMILES string of the molecule is Cc1cc(Cl)ccc1NC(=O)CSc1nnc(COc2ccc(C(C)(C)C)cc2)n1N. The quantitative estimate of drug-likeness (QED) is 0.397. The zero-order chi connectivity index (χ0) is 22.6. The van der Waals surface area contributed by atoms with Crippen LogP contribution in [-0.2, 0) is 16.8 Å². The van der Waals surface area contributed by atoms with Gasteiger partial charge >= 0.3 is 0 Å². The highest BCUT2D eigenvalue weighted by Gasteiger charge is 2.15. The molecule has 0 saturated heterocycles. The van der Waals surface area contributed by atoms with E-state index in [1.807, 2.05) is 31.2 Å². The highest BCUT2D eigenvalue weighted by molar-refractivity contribution is 7.99. The van der Waals surface area contributed by atoms with Crippen molar-refractivity contribution in [3.63, 3.8) is 0 Å². The maximum atomic E-state index is 12.3. The van der Waals surface area contributed by atoms with E-state index in [4.69, 9.17) is 22.2 Å². The largest absolute Gasteiger partial charge is 0.486 e. The molecule has 3 aromatic rings. The molecule has 0 spiro atoms. The molecule has 0 saturated carbocycles. The van der Waals surface area contributed by atoms with E-state index in [1.54, 1.807) is 18.2 Å². The van der Waals surface area contributed by atoms with E-state index in [0.29, 0.717) is 16.0 Å². The van der Waals surface area contributed by atoms with E-state index < -0.39 is 0 Å². The Morgan fingerprint density at radius 1 is 1.19 bits per heavy atom. The standard InChI is InChI=1S/C22H26ClN5O2S/c1-14-11-16(23)7-10-18(14)25-20(29)13-31-21-27-26-19(28(21)24)12-30-17-8-5-15(6-9-17)22(2,3)4/h5-11H,12-13,24H2,1-4H3,(H,25,29). The maximum absolute atomic E-state index is 12.3. The van der Waals surface area contributed by atoms with Gasteiger partial charge in [0.2, 0.25) is 11.1 Å². The van der Waals surface area contributed by atoms with Crippen LogP contribution < -0.4 is 15.9 Å². The molecule has 0 fully saturated rings. The van der Waals surface area contributed by atoms with Crippen molar-refractivity contribution in [2.75, 3.05) is 16.9 Å². The van der Waals surface area contributed by atoms with Crippen LogP contribution in [0.4, 0.5) is 5.69 Å². The fourth-order valence-corrected chi connectivity index (χ4v) is 3.69. The molecule has 0 aliphatic rings. The van der Waals surface area contributed by atoms with Crippen molar-refractivity contribution in [2.24, 2.45) is 0 Å². The van der Waals surface area contributed by atoms with Gasteiger partial charge in [0.1, 0.15) is 12.4 Å². The minimum atomic E-state index is -0.171. The summed E-state index contributed by atoms with van der Waals surface area (Å²) in [4.78, 5) is 12.3. The molecule has 2 aromatic carbocycles. The van der Waals surface area contributed by atoms with Gasteiger partial charge in [-0.25, -0.2) is 4.68 Å². The number of aryl methyl sites for hydroxylation is 1. The van der Waals surface area contributed by atoms with E-state index in [9.17, 15) is 4.79 Å². The first-order chi connectivity index (χ1) is 14.6. The van der Waals surface area contributed by atoms with E-state index in [0.717, 1.165) is 17.0 Å². The molecular formula is C22H26ClN5O2S. The van der Waals surface area contributed by atoms with E-state index in [2.05, 4.69) is 36.3 Å². The first-order valence-corrected chi connectivity index (χ1v) is 11.1. The Labute approximate surface area is 191 Å². The number of aromatic nitrogens is 3. The second-order valence-corrected chi connectivity index (χ2v) is 9.51. The summed E-state index contributed by atoms with van der Waals surface area (Å²) in [5.41, 5.74) is 2.92. The maximum Gasteiger partial charge on any atom is 0.234 e. The van der Waals surface area contributed by atoms with Crippen molar-refractivity contribution < 1.29 is 9.53 Å². The van der Waals surface area contributed by atoms with Crippen LogP contribution in [0.2, 0.25) is 5.02 Å². The van der Waals surface area contributed by atoms with Gasteiger partial charge in [-0.15, -0.1) is 10.2 Å². The molecule has 0 unspecified atom stereocenters. The number of halogens is 1. The molecule has 3 N–H and O–H groups in total. The number of nitrogen functional groups attached to an aromatic ring is 1. The van der Waals surface area contributed by atoms with Gasteiger partial charge in [-0.3, -0.25) is 4.79 Å². The summed E-state index contributed by atoms with van der Waals surface area (Å²) in [7, 11) is 0. The number of amides is 1. The number of benzene rings is 2. The zero-order valence-electron chi connectivity index (χ0n) is 18.0. The number of carbonyl (C=O) groups excluding carboxylic acids is 1. The second kappa shape index (κ2) is 9.62. The lowest BCUT2D eigenvalue weighted by Gasteiger charge is -2.19. The second-order valence-electron chi connectivity index (χ2n) is 8.13.